The monoisotopic (exact) mass is 327 g/mol. The van der Waals surface area contributed by atoms with Gasteiger partial charge in [0.15, 0.2) is 0 Å². The van der Waals surface area contributed by atoms with Gasteiger partial charge in [-0.05, 0) is 45.2 Å². The number of carbonyl (C=O) groups excluding carboxylic acids is 1. The molecule has 1 aromatic rings. The minimum Gasteiger partial charge on any atom is -0.396 e. The Bertz CT molecular complexity index is 450. The van der Waals surface area contributed by atoms with Crippen LogP contribution < -0.4 is 5.32 Å². The van der Waals surface area contributed by atoms with Crippen molar-refractivity contribution >= 4 is 27.5 Å². The predicted molar refractivity (Wildman–Crippen MR) is 92.7 cm³/mol. The van der Waals surface area contributed by atoms with Gasteiger partial charge in [-0.2, -0.15) is 0 Å². The van der Waals surface area contributed by atoms with Crippen LogP contribution in [0, 0.1) is 0 Å². The lowest BCUT2D eigenvalue weighted by atomic mass is 10.1. The summed E-state index contributed by atoms with van der Waals surface area (Å²) in [5, 5.41) is 11.9. The van der Waals surface area contributed by atoms with Crippen LogP contribution in [0.1, 0.15) is 39.2 Å². The first kappa shape index (κ1) is 18.4. The van der Waals surface area contributed by atoms with Gasteiger partial charge in [0.1, 0.15) is 0 Å². The van der Waals surface area contributed by atoms with Crippen molar-refractivity contribution in [3.05, 3.63) is 29.8 Å². The van der Waals surface area contributed by atoms with E-state index in [0.717, 1.165) is 6.42 Å². The number of hydrogen-bond donors (Lipinski definition) is 2. The molecule has 1 aromatic carbocycles. The fourth-order valence-electron chi connectivity index (χ4n) is 1.81. The molecule has 21 heavy (non-hydrogen) atoms. The average Bonchev–Trinajstić information content (AvgIpc) is 2.45. The molecule has 5 heteroatoms. The van der Waals surface area contributed by atoms with Crippen molar-refractivity contribution in [3.63, 3.8) is 0 Å². The number of hydrogen-bond acceptors (Lipinski definition) is 4. The third-order valence-electron chi connectivity index (χ3n) is 3.04. The van der Waals surface area contributed by atoms with Crippen molar-refractivity contribution in [1.29, 1.82) is 0 Å². The normalized spacial score (nSPS) is 11.4. The van der Waals surface area contributed by atoms with Crippen LogP contribution in [0.3, 0.4) is 0 Å². The van der Waals surface area contributed by atoms with E-state index in [1.165, 1.54) is 10.5 Å². The second-order valence-corrected chi connectivity index (χ2v) is 8.34. The molecule has 0 bridgehead atoms. The van der Waals surface area contributed by atoms with Crippen molar-refractivity contribution in [2.75, 3.05) is 13.2 Å². The molecule has 3 nitrogen and oxygen atoms in total. The zero-order chi connectivity index (χ0) is 15.7. The summed E-state index contributed by atoms with van der Waals surface area (Å²) in [7, 11) is 3.52. The van der Waals surface area contributed by atoms with E-state index in [4.69, 9.17) is 5.11 Å². The van der Waals surface area contributed by atoms with E-state index in [0.29, 0.717) is 19.4 Å². The highest BCUT2D eigenvalue weighted by molar-refractivity contribution is 8.77. The van der Waals surface area contributed by atoms with Gasteiger partial charge >= 0.3 is 0 Å². The van der Waals surface area contributed by atoms with Crippen molar-refractivity contribution in [3.8, 4) is 0 Å². The summed E-state index contributed by atoms with van der Waals surface area (Å²) in [5.41, 5.74) is 1.18. The van der Waals surface area contributed by atoms with Gasteiger partial charge in [-0.3, -0.25) is 4.79 Å². The van der Waals surface area contributed by atoms with Crippen molar-refractivity contribution in [2.24, 2.45) is 0 Å². The van der Waals surface area contributed by atoms with Crippen molar-refractivity contribution in [1.82, 2.24) is 5.32 Å². The molecule has 0 saturated carbocycles. The molecule has 0 unspecified atom stereocenters. The summed E-state index contributed by atoms with van der Waals surface area (Å²) in [4.78, 5) is 12.7. The second-order valence-electron chi connectivity index (χ2n) is 5.46. The summed E-state index contributed by atoms with van der Waals surface area (Å²) in [6.07, 6.45) is 2.09. The number of aliphatic hydroxyl groups is 1. The molecule has 0 radical (unpaired) electrons. The molecule has 0 heterocycles. The predicted octanol–water partition coefficient (Wildman–Crippen LogP) is 3.66. The molecule has 0 fully saturated rings. The zero-order valence-electron chi connectivity index (χ0n) is 13.0. The first-order valence-corrected chi connectivity index (χ1v) is 9.44. The highest BCUT2D eigenvalue weighted by Crippen LogP contribution is 2.44. The molecule has 0 spiro atoms. The van der Waals surface area contributed by atoms with E-state index in [-0.39, 0.29) is 17.3 Å². The number of aliphatic hydroxyl groups excluding tert-OH is 1. The van der Waals surface area contributed by atoms with Gasteiger partial charge in [0.2, 0.25) is 5.91 Å². The number of carbonyl (C=O) groups is 1. The van der Waals surface area contributed by atoms with Gasteiger partial charge in [0.25, 0.3) is 0 Å². The quantitative estimate of drug-likeness (QED) is 0.680. The fraction of sp³-hybridized carbons (Fsp3) is 0.562. The SMILES string of the molecule is CCNC(=O)CCC(C)(C)SSc1ccccc1CCO. The first-order chi connectivity index (χ1) is 9.98. The van der Waals surface area contributed by atoms with E-state index in [1.54, 1.807) is 21.6 Å². The van der Waals surface area contributed by atoms with Gasteiger partial charge in [0, 0.05) is 29.2 Å². The lowest BCUT2D eigenvalue weighted by Gasteiger charge is -2.23. The summed E-state index contributed by atoms with van der Waals surface area (Å²) in [6, 6.07) is 8.16. The van der Waals surface area contributed by atoms with Crippen LogP contribution in [0.4, 0.5) is 0 Å². The number of rotatable bonds is 9. The highest BCUT2D eigenvalue weighted by atomic mass is 33.1. The van der Waals surface area contributed by atoms with Gasteiger partial charge in [-0.1, -0.05) is 39.8 Å². The van der Waals surface area contributed by atoms with E-state index in [9.17, 15) is 4.79 Å². The zero-order valence-corrected chi connectivity index (χ0v) is 14.6. The molecule has 0 atom stereocenters. The largest absolute Gasteiger partial charge is 0.396 e. The van der Waals surface area contributed by atoms with Crippen LogP contribution >= 0.6 is 21.6 Å². The highest BCUT2D eigenvalue weighted by Gasteiger charge is 2.21. The summed E-state index contributed by atoms with van der Waals surface area (Å²) in [5.74, 6) is 0.122. The van der Waals surface area contributed by atoms with Crippen molar-refractivity contribution in [2.45, 2.75) is 49.7 Å². The number of benzene rings is 1. The lowest BCUT2D eigenvalue weighted by molar-refractivity contribution is -0.121. The molecular weight excluding hydrogens is 302 g/mol. The third-order valence-corrected chi connectivity index (χ3v) is 6.50. The van der Waals surface area contributed by atoms with Gasteiger partial charge in [-0.25, -0.2) is 0 Å². The van der Waals surface area contributed by atoms with Crippen LogP contribution in [0.25, 0.3) is 0 Å². The van der Waals surface area contributed by atoms with Crippen molar-refractivity contribution < 1.29 is 9.90 Å². The molecule has 1 amide bonds. The van der Waals surface area contributed by atoms with E-state index in [1.807, 2.05) is 19.1 Å². The van der Waals surface area contributed by atoms with Crippen LogP contribution in [-0.2, 0) is 11.2 Å². The molecule has 2 N–H and O–H groups in total. The van der Waals surface area contributed by atoms with Gasteiger partial charge < -0.3 is 10.4 Å². The molecule has 0 aliphatic heterocycles. The molecule has 118 valence electrons. The lowest BCUT2D eigenvalue weighted by Crippen LogP contribution is -2.25. The molecule has 0 aromatic heterocycles. The minimum atomic E-state index is 0.0298. The standard InChI is InChI=1S/C16H25NO2S2/c1-4-17-15(19)9-11-16(2,3)21-20-14-8-6-5-7-13(14)10-12-18/h5-8,18H,4,9-12H2,1-3H3,(H,17,19). The Kier molecular flexibility index (Phi) is 8.22. The van der Waals surface area contributed by atoms with Crippen LogP contribution in [-0.4, -0.2) is 28.9 Å². The molecular formula is C16H25NO2S2. The Hall–Kier alpha value is -0.650. The first-order valence-electron chi connectivity index (χ1n) is 7.29. The maximum Gasteiger partial charge on any atom is 0.220 e. The molecule has 0 saturated heterocycles. The summed E-state index contributed by atoms with van der Waals surface area (Å²) in [6.45, 7) is 7.13. The summed E-state index contributed by atoms with van der Waals surface area (Å²) >= 11 is 0. The molecule has 1 rings (SSSR count). The molecule has 0 aliphatic rings. The maximum atomic E-state index is 11.5. The van der Waals surface area contributed by atoms with Crippen LogP contribution in [0.2, 0.25) is 0 Å². The maximum absolute atomic E-state index is 11.5. The van der Waals surface area contributed by atoms with Crippen LogP contribution in [0.5, 0.6) is 0 Å². The van der Waals surface area contributed by atoms with E-state index in [2.05, 4.69) is 31.3 Å². The Morgan fingerprint density at radius 2 is 2.05 bits per heavy atom. The number of amides is 1. The summed E-state index contributed by atoms with van der Waals surface area (Å²) < 4.78 is 0.0298. The topological polar surface area (TPSA) is 49.3 Å². The fourth-order valence-corrected chi connectivity index (χ4v) is 4.41. The third kappa shape index (κ3) is 7.25. The van der Waals surface area contributed by atoms with Gasteiger partial charge in [-0.15, -0.1) is 0 Å². The Morgan fingerprint density at radius 1 is 1.33 bits per heavy atom. The Balaban J connectivity index is 2.51. The van der Waals surface area contributed by atoms with E-state index < -0.39 is 0 Å². The smallest absolute Gasteiger partial charge is 0.220 e. The second kappa shape index (κ2) is 9.38. The average molecular weight is 328 g/mol. The van der Waals surface area contributed by atoms with E-state index >= 15 is 0 Å². The Labute approximate surface area is 135 Å². The Morgan fingerprint density at radius 3 is 2.71 bits per heavy atom. The number of nitrogens with one attached hydrogen (secondary N) is 1. The van der Waals surface area contributed by atoms with Crippen LogP contribution in [0.15, 0.2) is 29.2 Å². The van der Waals surface area contributed by atoms with Gasteiger partial charge in [0.05, 0.1) is 0 Å². The molecule has 0 aliphatic carbocycles. The minimum absolute atomic E-state index is 0.0298.